The standard InChI is InChI=1S/C12H9N5OS/c18-12(11-7-14-19-17-11)15-9-3-1-2-8(6-9)10-4-5-13-16-10/h1-7H,(H,13,16)(H,15,18). The Morgan fingerprint density at radius 3 is 3.00 bits per heavy atom. The maximum absolute atomic E-state index is 11.8. The number of hydrogen-bond donors (Lipinski definition) is 2. The van der Waals surface area contributed by atoms with Crippen molar-refractivity contribution >= 4 is 23.3 Å². The molecule has 2 N–H and O–H groups in total. The zero-order valence-electron chi connectivity index (χ0n) is 9.70. The minimum atomic E-state index is -0.268. The van der Waals surface area contributed by atoms with Gasteiger partial charge in [-0.15, -0.1) is 0 Å². The van der Waals surface area contributed by atoms with E-state index in [4.69, 9.17) is 0 Å². The van der Waals surface area contributed by atoms with Crippen molar-refractivity contribution in [1.82, 2.24) is 18.9 Å². The van der Waals surface area contributed by atoms with Crippen LogP contribution >= 0.6 is 11.7 Å². The van der Waals surface area contributed by atoms with Crippen molar-refractivity contribution in [3.63, 3.8) is 0 Å². The van der Waals surface area contributed by atoms with Gasteiger partial charge in [-0.2, -0.15) is 13.8 Å². The fourth-order valence-electron chi connectivity index (χ4n) is 1.64. The van der Waals surface area contributed by atoms with Crippen LogP contribution in [0.5, 0.6) is 0 Å². The number of H-pyrrole nitrogens is 1. The van der Waals surface area contributed by atoms with E-state index in [1.165, 1.54) is 6.20 Å². The first-order valence-electron chi connectivity index (χ1n) is 5.51. The number of hydrogen-bond acceptors (Lipinski definition) is 5. The molecule has 0 bridgehead atoms. The molecular weight excluding hydrogens is 262 g/mol. The molecule has 2 heterocycles. The fraction of sp³-hybridized carbons (Fsp3) is 0. The number of carbonyl (C=O) groups excluding carboxylic acids is 1. The second kappa shape index (κ2) is 4.99. The van der Waals surface area contributed by atoms with E-state index < -0.39 is 0 Å². The topological polar surface area (TPSA) is 83.6 Å². The lowest BCUT2D eigenvalue weighted by atomic mass is 10.1. The Balaban J connectivity index is 1.82. The van der Waals surface area contributed by atoms with E-state index in [9.17, 15) is 4.79 Å². The summed E-state index contributed by atoms with van der Waals surface area (Å²) < 4.78 is 7.69. The monoisotopic (exact) mass is 271 g/mol. The first-order valence-corrected chi connectivity index (χ1v) is 6.25. The number of rotatable bonds is 3. The Labute approximate surface area is 112 Å². The predicted octanol–water partition coefficient (Wildman–Crippen LogP) is 2.18. The molecule has 0 saturated heterocycles. The van der Waals surface area contributed by atoms with Gasteiger partial charge in [0.1, 0.15) is 0 Å². The molecule has 2 aromatic heterocycles. The Morgan fingerprint density at radius 2 is 2.26 bits per heavy atom. The summed E-state index contributed by atoms with van der Waals surface area (Å²) in [4.78, 5) is 11.8. The van der Waals surface area contributed by atoms with Crippen LogP contribution in [0.25, 0.3) is 11.3 Å². The lowest BCUT2D eigenvalue weighted by molar-refractivity contribution is 0.102. The van der Waals surface area contributed by atoms with E-state index in [2.05, 4.69) is 24.3 Å². The second-order valence-corrected chi connectivity index (χ2v) is 4.35. The van der Waals surface area contributed by atoms with Crippen LogP contribution in [0.1, 0.15) is 10.5 Å². The normalized spacial score (nSPS) is 10.3. The average molecular weight is 271 g/mol. The number of nitrogens with one attached hydrogen (secondary N) is 2. The smallest absolute Gasteiger partial charge is 0.277 e. The summed E-state index contributed by atoms with van der Waals surface area (Å²) in [5.41, 5.74) is 2.86. The molecule has 1 amide bonds. The molecule has 1 aromatic carbocycles. The number of amides is 1. The van der Waals surface area contributed by atoms with Gasteiger partial charge in [0, 0.05) is 17.4 Å². The molecule has 0 aliphatic carbocycles. The first kappa shape index (κ1) is 11.5. The Morgan fingerprint density at radius 1 is 1.32 bits per heavy atom. The van der Waals surface area contributed by atoms with Gasteiger partial charge in [-0.25, -0.2) is 0 Å². The molecule has 0 radical (unpaired) electrons. The van der Waals surface area contributed by atoms with Crippen molar-refractivity contribution in [3.8, 4) is 11.3 Å². The summed E-state index contributed by atoms with van der Waals surface area (Å²) in [5, 5.41) is 9.56. The molecule has 0 aliphatic rings. The summed E-state index contributed by atoms with van der Waals surface area (Å²) in [6, 6.07) is 9.35. The van der Waals surface area contributed by atoms with Crippen LogP contribution in [-0.4, -0.2) is 24.9 Å². The lowest BCUT2D eigenvalue weighted by Crippen LogP contribution is -2.12. The van der Waals surface area contributed by atoms with Gasteiger partial charge in [0.2, 0.25) is 0 Å². The van der Waals surface area contributed by atoms with Crippen LogP contribution in [0.2, 0.25) is 0 Å². The third kappa shape index (κ3) is 2.50. The van der Waals surface area contributed by atoms with E-state index in [-0.39, 0.29) is 5.91 Å². The molecule has 0 aliphatic heterocycles. The molecule has 0 spiro atoms. The van der Waals surface area contributed by atoms with E-state index in [0.717, 1.165) is 23.0 Å². The lowest BCUT2D eigenvalue weighted by Gasteiger charge is -2.04. The predicted molar refractivity (Wildman–Crippen MR) is 71.9 cm³/mol. The number of aromatic nitrogens is 4. The summed E-state index contributed by atoms with van der Waals surface area (Å²) in [6.45, 7) is 0. The van der Waals surface area contributed by atoms with Crippen LogP contribution in [0.3, 0.4) is 0 Å². The molecule has 3 aromatic rings. The van der Waals surface area contributed by atoms with Crippen LogP contribution in [-0.2, 0) is 0 Å². The van der Waals surface area contributed by atoms with Crippen molar-refractivity contribution in [1.29, 1.82) is 0 Å². The van der Waals surface area contributed by atoms with Crippen LogP contribution in [0.15, 0.2) is 42.7 Å². The van der Waals surface area contributed by atoms with Crippen LogP contribution < -0.4 is 5.32 Å². The van der Waals surface area contributed by atoms with E-state index in [1.807, 2.05) is 30.3 Å². The van der Waals surface area contributed by atoms with Gasteiger partial charge < -0.3 is 5.32 Å². The minimum Gasteiger partial charge on any atom is -0.321 e. The largest absolute Gasteiger partial charge is 0.321 e. The molecule has 0 saturated carbocycles. The zero-order chi connectivity index (χ0) is 13.1. The average Bonchev–Trinajstić information content (AvgIpc) is 3.13. The highest BCUT2D eigenvalue weighted by atomic mass is 32.1. The highest BCUT2D eigenvalue weighted by molar-refractivity contribution is 6.99. The first-order chi connectivity index (χ1) is 9.33. The molecule has 7 heteroatoms. The second-order valence-electron chi connectivity index (χ2n) is 3.80. The Hall–Kier alpha value is -2.54. The van der Waals surface area contributed by atoms with Gasteiger partial charge >= 0.3 is 0 Å². The van der Waals surface area contributed by atoms with Crippen molar-refractivity contribution in [2.75, 3.05) is 5.32 Å². The number of aromatic amines is 1. The molecule has 0 atom stereocenters. The summed E-state index contributed by atoms with van der Waals surface area (Å²) in [7, 11) is 0. The highest BCUT2D eigenvalue weighted by Gasteiger charge is 2.09. The van der Waals surface area contributed by atoms with Crippen molar-refractivity contribution in [2.45, 2.75) is 0 Å². The number of nitrogens with zero attached hydrogens (tertiary/aromatic N) is 3. The van der Waals surface area contributed by atoms with Gasteiger partial charge in [0.05, 0.1) is 23.6 Å². The number of carbonyl (C=O) groups is 1. The van der Waals surface area contributed by atoms with Crippen molar-refractivity contribution < 1.29 is 4.79 Å². The Kier molecular flexibility index (Phi) is 3.03. The van der Waals surface area contributed by atoms with Crippen LogP contribution in [0, 0.1) is 0 Å². The van der Waals surface area contributed by atoms with E-state index >= 15 is 0 Å². The number of anilines is 1. The SMILES string of the molecule is O=C(Nc1cccc(-c2ccn[nH]2)c1)c1cnsn1. The minimum absolute atomic E-state index is 0.268. The summed E-state index contributed by atoms with van der Waals surface area (Å²) in [5.74, 6) is -0.268. The van der Waals surface area contributed by atoms with Crippen LogP contribution in [0.4, 0.5) is 5.69 Å². The van der Waals surface area contributed by atoms with Gasteiger partial charge in [-0.3, -0.25) is 9.89 Å². The molecular formula is C12H9N5OS. The summed E-state index contributed by atoms with van der Waals surface area (Å²) in [6.07, 6.45) is 3.13. The molecule has 0 unspecified atom stereocenters. The van der Waals surface area contributed by atoms with Crippen molar-refractivity contribution in [3.05, 3.63) is 48.4 Å². The molecule has 19 heavy (non-hydrogen) atoms. The maximum Gasteiger partial charge on any atom is 0.277 e. The molecule has 0 fully saturated rings. The van der Waals surface area contributed by atoms with Crippen molar-refractivity contribution in [2.24, 2.45) is 0 Å². The van der Waals surface area contributed by atoms with E-state index in [1.54, 1.807) is 6.20 Å². The highest BCUT2D eigenvalue weighted by Crippen LogP contribution is 2.20. The summed E-state index contributed by atoms with van der Waals surface area (Å²) >= 11 is 1.01. The third-order valence-corrected chi connectivity index (χ3v) is 3.00. The maximum atomic E-state index is 11.8. The third-order valence-electron chi connectivity index (χ3n) is 2.53. The van der Waals surface area contributed by atoms with Gasteiger partial charge in [0.25, 0.3) is 5.91 Å². The molecule has 3 rings (SSSR count). The molecule has 6 nitrogen and oxygen atoms in total. The van der Waals surface area contributed by atoms with E-state index in [0.29, 0.717) is 11.4 Å². The zero-order valence-corrected chi connectivity index (χ0v) is 10.5. The van der Waals surface area contributed by atoms with Gasteiger partial charge in [-0.1, -0.05) is 12.1 Å². The fourth-order valence-corrected chi connectivity index (χ4v) is 2.05. The van der Waals surface area contributed by atoms with Gasteiger partial charge in [0.15, 0.2) is 5.69 Å². The quantitative estimate of drug-likeness (QED) is 0.764. The molecule has 94 valence electrons. The number of benzene rings is 1. The van der Waals surface area contributed by atoms with Gasteiger partial charge in [-0.05, 0) is 18.2 Å². The Bertz CT molecular complexity index is 678.